The Kier molecular flexibility index (Phi) is 6.44. The summed E-state index contributed by atoms with van der Waals surface area (Å²) in [6.07, 6.45) is 1.32. The van der Waals surface area contributed by atoms with Crippen LogP contribution in [0.2, 0.25) is 0 Å². The summed E-state index contributed by atoms with van der Waals surface area (Å²) in [6, 6.07) is 11.8. The van der Waals surface area contributed by atoms with Gasteiger partial charge < -0.3 is 10.0 Å². The van der Waals surface area contributed by atoms with Crippen molar-refractivity contribution in [3.8, 4) is 0 Å². The van der Waals surface area contributed by atoms with E-state index in [1.807, 2.05) is 6.92 Å². The maximum atomic E-state index is 14.2. The molecule has 0 aliphatic heterocycles. The third kappa shape index (κ3) is 4.61. The third-order valence-electron chi connectivity index (χ3n) is 3.82. The average Bonchev–Trinajstić information content (AvgIpc) is 2.58. The molecule has 0 aliphatic rings. The summed E-state index contributed by atoms with van der Waals surface area (Å²) in [5.74, 6) is -1.73. The monoisotopic (exact) mass is 333 g/mol. The van der Waals surface area contributed by atoms with Crippen LogP contribution in [0.4, 0.5) is 14.5 Å². The fraction of sp³-hybridized carbons (Fsp3) is 0.316. The smallest absolute Gasteiger partial charge is 0.258 e. The summed E-state index contributed by atoms with van der Waals surface area (Å²) in [7, 11) is 0. The van der Waals surface area contributed by atoms with E-state index in [2.05, 4.69) is 0 Å². The van der Waals surface area contributed by atoms with Crippen LogP contribution < -0.4 is 4.90 Å². The van der Waals surface area contributed by atoms with Crippen molar-refractivity contribution in [3.05, 3.63) is 65.7 Å². The van der Waals surface area contributed by atoms with Gasteiger partial charge in [0, 0.05) is 24.8 Å². The van der Waals surface area contributed by atoms with E-state index in [9.17, 15) is 13.6 Å². The molecule has 0 spiro atoms. The van der Waals surface area contributed by atoms with Crippen LogP contribution in [-0.4, -0.2) is 24.2 Å². The van der Waals surface area contributed by atoms with Gasteiger partial charge in [0.15, 0.2) is 0 Å². The second kappa shape index (κ2) is 8.55. The molecule has 0 fully saturated rings. The summed E-state index contributed by atoms with van der Waals surface area (Å²) in [5.41, 5.74) is 0.497. The van der Waals surface area contributed by atoms with Gasteiger partial charge in [-0.05, 0) is 43.0 Å². The van der Waals surface area contributed by atoms with Crippen molar-refractivity contribution in [3.63, 3.8) is 0 Å². The lowest BCUT2D eigenvalue weighted by atomic mass is 10.0. The molecule has 0 saturated heterocycles. The van der Waals surface area contributed by atoms with E-state index >= 15 is 0 Å². The number of benzene rings is 2. The third-order valence-corrected chi connectivity index (χ3v) is 3.82. The van der Waals surface area contributed by atoms with Crippen LogP contribution in [0.25, 0.3) is 0 Å². The Morgan fingerprint density at radius 3 is 2.50 bits per heavy atom. The first-order valence-corrected chi connectivity index (χ1v) is 7.95. The number of hydrogen-bond acceptors (Lipinski definition) is 2. The standard InChI is InChI=1S/C19H21F2NO2/c1-14(6-5-11-23)13-22(18-10-9-16(20)12-17(18)21)19(24)15-7-3-2-4-8-15/h2-4,7-10,12,14,23H,5-6,11,13H2,1H3. The number of anilines is 1. The number of nitrogens with zero attached hydrogens (tertiary/aromatic N) is 1. The van der Waals surface area contributed by atoms with Crippen LogP contribution in [0.1, 0.15) is 30.1 Å². The average molecular weight is 333 g/mol. The quantitative estimate of drug-likeness (QED) is 0.831. The van der Waals surface area contributed by atoms with E-state index in [0.717, 1.165) is 12.1 Å². The minimum atomic E-state index is -0.770. The van der Waals surface area contributed by atoms with Crippen LogP contribution >= 0.6 is 0 Å². The normalized spacial score (nSPS) is 12.0. The van der Waals surface area contributed by atoms with E-state index in [1.165, 1.54) is 11.0 Å². The molecule has 0 bridgehead atoms. The number of aliphatic hydroxyl groups is 1. The molecule has 3 nitrogen and oxygen atoms in total. The van der Waals surface area contributed by atoms with Gasteiger partial charge in [0.25, 0.3) is 5.91 Å². The molecule has 1 unspecified atom stereocenters. The highest BCUT2D eigenvalue weighted by Crippen LogP contribution is 2.24. The molecule has 0 saturated carbocycles. The zero-order chi connectivity index (χ0) is 17.5. The Morgan fingerprint density at radius 2 is 1.88 bits per heavy atom. The highest BCUT2D eigenvalue weighted by molar-refractivity contribution is 6.06. The van der Waals surface area contributed by atoms with Gasteiger partial charge in [-0.2, -0.15) is 0 Å². The van der Waals surface area contributed by atoms with Crippen molar-refractivity contribution in [1.82, 2.24) is 0 Å². The lowest BCUT2D eigenvalue weighted by Crippen LogP contribution is -2.35. The molecule has 0 aliphatic carbocycles. The number of amides is 1. The molecular weight excluding hydrogens is 312 g/mol. The molecule has 2 rings (SSSR count). The fourth-order valence-electron chi connectivity index (χ4n) is 2.57. The molecule has 5 heteroatoms. The van der Waals surface area contributed by atoms with Crippen LogP contribution in [-0.2, 0) is 0 Å². The van der Waals surface area contributed by atoms with Crippen molar-refractivity contribution in [2.45, 2.75) is 19.8 Å². The Hall–Kier alpha value is -2.27. The summed E-state index contributed by atoms with van der Waals surface area (Å²) < 4.78 is 27.4. The predicted molar refractivity (Wildman–Crippen MR) is 90.0 cm³/mol. The first-order valence-electron chi connectivity index (χ1n) is 7.95. The molecule has 1 amide bonds. The van der Waals surface area contributed by atoms with Crippen molar-refractivity contribution >= 4 is 11.6 Å². The minimum absolute atomic E-state index is 0.0566. The van der Waals surface area contributed by atoms with Crippen LogP contribution in [0.3, 0.4) is 0 Å². The predicted octanol–water partition coefficient (Wildman–Crippen LogP) is 4.02. The summed E-state index contributed by atoms with van der Waals surface area (Å²) in [6.45, 7) is 2.29. The Bertz CT molecular complexity index is 676. The van der Waals surface area contributed by atoms with Gasteiger partial charge in [0.1, 0.15) is 11.6 Å². The molecule has 0 heterocycles. The van der Waals surface area contributed by atoms with Crippen LogP contribution in [0.15, 0.2) is 48.5 Å². The highest BCUT2D eigenvalue weighted by atomic mass is 19.1. The fourth-order valence-corrected chi connectivity index (χ4v) is 2.57. The number of halogens is 2. The summed E-state index contributed by atoms with van der Waals surface area (Å²) >= 11 is 0. The van der Waals surface area contributed by atoms with Crippen molar-refractivity contribution < 1.29 is 18.7 Å². The van der Waals surface area contributed by atoms with E-state index in [4.69, 9.17) is 5.11 Å². The molecule has 128 valence electrons. The largest absolute Gasteiger partial charge is 0.396 e. The molecule has 1 N–H and O–H groups in total. The molecular formula is C19H21F2NO2. The van der Waals surface area contributed by atoms with Gasteiger partial charge in [-0.3, -0.25) is 4.79 Å². The Labute approximate surface area is 140 Å². The van der Waals surface area contributed by atoms with Crippen molar-refractivity contribution in [2.75, 3.05) is 18.1 Å². The van der Waals surface area contributed by atoms with Crippen molar-refractivity contribution in [2.24, 2.45) is 5.92 Å². The van der Waals surface area contributed by atoms with Crippen molar-refractivity contribution in [1.29, 1.82) is 0 Å². The Balaban J connectivity index is 2.32. The Morgan fingerprint density at radius 1 is 1.17 bits per heavy atom. The molecule has 0 radical (unpaired) electrons. The lowest BCUT2D eigenvalue weighted by Gasteiger charge is -2.26. The van der Waals surface area contributed by atoms with Crippen LogP contribution in [0.5, 0.6) is 0 Å². The molecule has 1 atom stereocenters. The lowest BCUT2D eigenvalue weighted by molar-refractivity contribution is 0.0981. The van der Waals surface area contributed by atoms with Gasteiger partial charge >= 0.3 is 0 Å². The summed E-state index contributed by atoms with van der Waals surface area (Å²) in [4.78, 5) is 14.1. The topological polar surface area (TPSA) is 40.5 Å². The maximum absolute atomic E-state index is 14.2. The molecule has 0 aromatic heterocycles. The van der Waals surface area contributed by atoms with Gasteiger partial charge in [0.05, 0.1) is 5.69 Å². The zero-order valence-corrected chi connectivity index (χ0v) is 13.6. The number of carbonyl (C=O) groups excluding carboxylic acids is 1. The molecule has 2 aromatic rings. The van der Waals surface area contributed by atoms with E-state index in [-0.39, 0.29) is 30.7 Å². The SMILES string of the molecule is CC(CCCO)CN(C(=O)c1ccccc1)c1ccc(F)cc1F. The second-order valence-corrected chi connectivity index (χ2v) is 5.85. The molecule has 24 heavy (non-hydrogen) atoms. The van der Waals surface area contributed by atoms with Crippen LogP contribution in [0, 0.1) is 17.6 Å². The van der Waals surface area contributed by atoms with Gasteiger partial charge in [-0.1, -0.05) is 25.1 Å². The number of aliphatic hydroxyl groups excluding tert-OH is 1. The zero-order valence-electron chi connectivity index (χ0n) is 13.6. The highest BCUT2D eigenvalue weighted by Gasteiger charge is 2.22. The number of carbonyl (C=O) groups is 1. The number of rotatable bonds is 7. The molecule has 2 aromatic carbocycles. The number of hydrogen-bond donors (Lipinski definition) is 1. The first kappa shape index (κ1) is 18.1. The maximum Gasteiger partial charge on any atom is 0.258 e. The summed E-state index contributed by atoms with van der Waals surface area (Å²) in [5, 5.41) is 8.95. The first-order chi connectivity index (χ1) is 11.5. The second-order valence-electron chi connectivity index (χ2n) is 5.85. The van der Waals surface area contributed by atoms with Gasteiger partial charge in [-0.15, -0.1) is 0 Å². The van der Waals surface area contributed by atoms with E-state index < -0.39 is 11.6 Å². The minimum Gasteiger partial charge on any atom is -0.396 e. The van der Waals surface area contributed by atoms with E-state index in [0.29, 0.717) is 18.4 Å². The van der Waals surface area contributed by atoms with Gasteiger partial charge in [0.2, 0.25) is 0 Å². The van der Waals surface area contributed by atoms with E-state index in [1.54, 1.807) is 30.3 Å². The van der Waals surface area contributed by atoms with Gasteiger partial charge in [-0.25, -0.2) is 8.78 Å².